The number of anilines is 3. The lowest BCUT2D eigenvalue weighted by Gasteiger charge is -2.29. The molecule has 0 atom stereocenters. The van der Waals surface area contributed by atoms with Gasteiger partial charge in [-0.05, 0) is 105 Å². The molecule has 0 radical (unpaired) electrons. The molecule has 3 aromatic heterocycles. The fourth-order valence-corrected chi connectivity index (χ4v) is 7.36. The van der Waals surface area contributed by atoms with Gasteiger partial charge in [0.05, 0.1) is 28.5 Å². The number of benzene rings is 5. The van der Waals surface area contributed by atoms with Gasteiger partial charge in [-0.15, -0.1) is 0 Å². The smallest absolute Gasteiger partial charge is 0.191 e. The highest BCUT2D eigenvalue weighted by molar-refractivity contribution is 6.10. The number of nitrogens with zero attached hydrogens (tertiary/aromatic N) is 5. The highest BCUT2D eigenvalue weighted by atomic mass is 15.2. The predicted molar refractivity (Wildman–Crippen MR) is 206 cm³/mol. The lowest BCUT2D eigenvalue weighted by Crippen LogP contribution is -2.13. The zero-order chi connectivity index (χ0) is 33.8. The maximum atomic E-state index is 4.91. The summed E-state index contributed by atoms with van der Waals surface area (Å²) in [5, 5.41) is 2.43. The third kappa shape index (κ3) is 5.17. The average molecular weight is 641 g/mol. The van der Waals surface area contributed by atoms with Crippen molar-refractivity contribution in [3.63, 3.8) is 0 Å². The van der Waals surface area contributed by atoms with E-state index in [4.69, 9.17) is 4.98 Å². The lowest BCUT2D eigenvalue weighted by atomic mass is 10.0. The van der Waals surface area contributed by atoms with Crippen LogP contribution in [0.25, 0.3) is 44.3 Å². The molecular formula is C44H42N5+. The van der Waals surface area contributed by atoms with Crippen LogP contribution in [-0.2, 0) is 0 Å². The van der Waals surface area contributed by atoms with Gasteiger partial charge >= 0.3 is 0 Å². The largest absolute Gasteiger partial charge is 0.309 e. The quantitative estimate of drug-likeness (QED) is 0.162. The van der Waals surface area contributed by atoms with Crippen LogP contribution in [0.3, 0.4) is 0 Å². The molecule has 0 unspecified atom stereocenters. The van der Waals surface area contributed by atoms with Gasteiger partial charge in [-0.1, -0.05) is 56.3 Å². The van der Waals surface area contributed by atoms with E-state index in [1.807, 2.05) is 6.20 Å². The van der Waals surface area contributed by atoms with Gasteiger partial charge in [0.2, 0.25) is 0 Å². The van der Waals surface area contributed by atoms with E-state index in [-0.39, 0.29) is 0 Å². The number of hydrogen-bond donors (Lipinski definition) is 0. The average Bonchev–Trinajstić information content (AvgIpc) is 3.66. The number of para-hydroxylation sites is 4. The van der Waals surface area contributed by atoms with Crippen molar-refractivity contribution < 1.29 is 0 Å². The summed E-state index contributed by atoms with van der Waals surface area (Å²) < 4.78 is 6.99. The second-order valence-electron chi connectivity index (χ2n) is 13.7. The molecule has 5 heteroatoms. The predicted octanol–water partition coefficient (Wildman–Crippen LogP) is 12.0. The van der Waals surface area contributed by atoms with E-state index in [1.165, 1.54) is 44.2 Å². The van der Waals surface area contributed by atoms with E-state index >= 15 is 0 Å². The Morgan fingerprint density at radius 1 is 0.612 bits per heavy atom. The number of fused-ring (bicyclic) bond motifs is 4. The molecule has 5 nitrogen and oxygen atoms in total. The molecule has 8 rings (SSSR count). The summed E-state index contributed by atoms with van der Waals surface area (Å²) in [6.45, 7) is 13.4. The Morgan fingerprint density at radius 2 is 1.29 bits per heavy atom. The van der Waals surface area contributed by atoms with Crippen molar-refractivity contribution in [2.75, 3.05) is 4.90 Å². The number of imidazole rings is 1. The molecule has 5 aromatic carbocycles. The van der Waals surface area contributed by atoms with Crippen LogP contribution in [0.2, 0.25) is 0 Å². The van der Waals surface area contributed by atoms with Crippen molar-refractivity contribution in [3.8, 4) is 11.5 Å². The van der Waals surface area contributed by atoms with E-state index in [9.17, 15) is 0 Å². The Labute approximate surface area is 288 Å². The van der Waals surface area contributed by atoms with Gasteiger partial charge < -0.3 is 4.90 Å². The first-order valence-electron chi connectivity index (χ1n) is 17.3. The number of pyridine rings is 1. The molecule has 8 aromatic rings. The number of hydrogen-bond acceptors (Lipinski definition) is 2. The Morgan fingerprint density at radius 3 is 2.04 bits per heavy atom. The van der Waals surface area contributed by atoms with E-state index in [2.05, 4.69) is 188 Å². The highest BCUT2D eigenvalue weighted by Crippen LogP contribution is 2.42. The van der Waals surface area contributed by atoms with Crippen molar-refractivity contribution in [1.82, 2.24) is 18.7 Å². The molecule has 49 heavy (non-hydrogen) atoms. The van der Waals surface area contributed by atoms with Crippen molar-refractivity contribution in [1.29, 1.82) is 0 Å². The number of rotatable bonds is 7. The number of aromatic nitrogens is 4. The first-order valence-corrected chi connectivity index (χ1v) is 17.3. The van der Waals surface area contributed by atoms with Gasteiger partial charge in [-0.3, -0.25) is 4.57 Å². The van der Waals surface area contributed by atoms with Gasteiger partial charge in [0.25, 0.3) is 0 Å². The molecule has 0 bridgehead atoms. The third-order valence-corrected chi connectivity index (χ3v) is 9.83. The van der Waals surface area contributed by atoms with Crippen LogP contribution < -0.4 is 4.90 Å². The minimum atomic E-state index is 0.342. The molecule has 0 aliphatic heterocycles. The maximum Gasteiger partial charge on any atom is 0.191 e. The molecule has 0 amide bonds. The Balaban J connectivity index is 1.37. The maximum absolute atomic E-state index is 4.91. The van der Waals surface area contributed by atoms with E-state index in [1.54, 1.807) is 0 Å². The fraction of sp³-hybridized carbons (Fsp3) is 0.182. The summed E-state index contributed by atoms with van der Waals surface area (Å²) in [6, 6.07) is 44.4. The molecule has 0 aliphatic rings. The Bertz CT molecular complexity index is 2480. The SMILES string of the molecule is Cc1cccc(C)c1N(c1cccc(-n2[cH+]n(C(C)C)c3ccccc32)c1)c1ccc2c3ccccc3n(-c3cc(C(C)C)ccn3)c2c1. The van der Waals surface area contributed by atoms with Crippen LogP contribution in [0.15, 0.2) is 134 Å². The van der Waals surface area contributed by atoms with E-state index in [0.29, 0.717) is 12.0 Å². The third-order valence-electron chi connectivity index (χ3n) is 9.83. The zero-order valence-corrected chi connectivity index (χ0v) is 29.1. The van der Waals surface area contributed by atoms with Gasteiger partial charge in [-0.2, -0.15) is 4.57 Å². The van der Waals surface area contributed by atoms with Crippen molar-refractivity contribution in [2.45, 2.75) is 53.5 Å². The van der Waals surface area contributed by atoms with E-state index in [0.717, 1.165) is 33.9 Å². The Hall–Kier alpha value is -5.68. The minimum Gasteiger partial charge on any atom is -0.309 e. The minimum absolute atomic E-state index is 0.342. The van der Waals surface area contributed by atoms with Crippen LogP contribution in [0.4, 0.5) is 17.1 Å². The summed E-state index contributed by atoms with van der Waals surface area (Å²) in [6.07, 6.45) is 4.18. The molecule has 0 saturated heterocycles. The van der Waals surface area contributed by atoms with Gasteiger partial charge in [0, 0.05) is 46.9 Å². The fourth-order valence-electron chi connectivity index (χ4n) is 7.36. The standard InChI is InChI=1S/C44H42N5/c1-29(2)33-23-24-45-43(25-33)49-39-18-8-7-17-37(39)38-22-21-36(27-42(38)49)48(44-31(5)13-11-14-32(44)6)35-16-12-15-34(26-35)47-28-46(30(3)4)40-19-9-10-20-41(40)47/h7-30H,1-6H3/q+1. The van der Waals surface area contributed by atoms with Crippen LogP contribution in [0.1, 0.15) is 56.3 Å². The second-order valence-corrected chi connectivity index (χ2v) is 13.7. The van der Waals surface area contributed by atoms with Gasteiger partial charge in [0.1, 0.15) is 11.5 Å². The van der Waals surface area contributed by atoms with Crippen LogP contribution in [-0.4, -0.2) is 18.7 Å². The molecule has 0 spiro atoms. The number of aryl methyl sites for hydroxylation is 2. The highest BCUT2D eigenvalue weighted by Gasteiger charge is 2.23. The van der Waals surface area contributed by atoms with Crippen molar-refractivity contribution in [2.24, 2.45) is 0 Å². The van der Waals surface area contributed by atoms with Crippen LogP contribution >= 0.6 is 0 Å². The molecule has 0 N–H and O–H groups in total. The summed E-state index contributed by atoms with van der Waals surface area (Å²) >= 11 is 0. The molecule has 0 saturated carbocycles. The van der Waals surface area contributed by atoms with Gasteiger partial charge in [-0.25, -0.2) is 9.55 Å². The monoisotopic (exact) mass is 640 g/mol. The van der Waals surface area contributed by atoms with Crippen molar-refractivity contribution in [3.05, 3.63) is 151 Å². The second kappa shape index (κ2) is 12.1. The zero-order valence-electron chi connectivity index (χ0n) is 29.1. The molecule has 0 aliphatic carbocycles. The summed E-state index contributed by atoms with van der Waals surface area (Å²) in [5.74, 6) is 1.35. The Kier molecular flexibility index (Phi) is 7.56. The van der Waals surface area contributed by atoms with Crippen molar-refractivity contribution >= 4 is 49.9 Å². The molecule has 242 valence electrons. The summed E-state index contributed by atoms with van der Waals surface area (Å²) in [5.41, 5.74) is 12.9. The molecular weight excluding hydrogens is 599 g/mol. The summed E-state index contributed by atoms with van der Waals surface area (Å²) in [4.78, 5) is 7.34. The normalized spacial score (nSPS) is 11.8. The first kappa shape index (κ1) is 30.6. The van der Waals surface area contributed by atoms with Gasteiger partial charge in [0.15, 0.2) is 17.4 Å². The van der Waals surface area contributed by atoms with E-state index < -0.39 is 0 Å². The van der Waals surface area contributed by atoms with Crippen LogP contribution in [0.5, 0.6) is 0 Å². The lowest BCUT2D eigenvalue weighted by molar-refractivity contribution is 0.612. The molecule has 0 fully saturated rings. The summed E-state index contributed by atoms with van der Waals surface area (Å²) in [7, 11) is 0. The van der Waals surface area contributed by atoms with Crippen LogP contribution in [0, 0.1) is 13.8 Å². The molecule has 3 heterocycles. The topological polar surface area (TPSA) is 30.9 Å². The first-order chi connectivity index (χ1) is 23.8.